The Morgan fingerprint density at radius 2 is 2.00 bits per heavy atom. The van der Waals surface area contributed by atoms with Crippen LogP contribution < -0.4 is 14.8 Å². The number of carbonyl (C=O) groups is 1. The molecule has 1 aliphatic rings. The summed E-state index contributed by atoms with van der Waals surface area (Å²) in [6.07, 6.45) is 4.66. The summed E-state index contributed by atoms with van der Waals surface area (Å²) < 4.78 is 13.3. The van der Waals surface area contributed by atoms with Crippen molar-refractivity contribution >= 4 is 28.8 Å². The molecule has 0 bridgehead atoms. The van der Waals surface area contributed by atoms with Gasteiger partial charge in [-0.2, -0.15) is 0 Å². The van der Waals surface area contributed by atoms with Crippen LogP contribution in [0.2, 0.25) is 5.02 Å². The highest BCUT2D eigenvalue weighted by atomic mass is 35.5. The molecule has 0 spiro atoms. The first-order chi connectivity index (χ1) is 15.6. The zero-order chi connectivity index (χ0) is 22.1. The lowest BCUT2D eigenvalue weighted by molar-refractivity contribution is -0.117. The minimum atomic E-state index is -0.0839. The summed E-state index contributed by atoms with van der Waals surface area (Å²) >= 11 is 6.29. The Morgan fingerprint density at radius 1 is 1.16 bits per heavy atom. The van der Waals surface area contributed by atoms with Crippen molar-refractivity contribution in [3.8, 4) is 11.5 Å². The molecule has 162 valence electrons. The summed E-state index contributed by atoms with van der Waals surface area (Å²) in [6.45, 7) is 0.284. The number of aromatic nitrogens is 2. The lowest BCUT2D eigenvalue weighted by Gasteiger charge is -2.12. The van der Waals surface area contributed by atoms with Crippen LogP contribution in [-0.4, -0.2) is 22.4 Å². The fourth-order valence-corrected chi connectivity index (χ4v) is 4.19. The smallest absolute Gasteiger partial charge is 0.228 e. The molecule has 2 heterocycles. The molecule has 1 amide bonds. The number of nitrogens with zero attached hydrogens (tertiary/aromatic N) is 2. The van der Waals surface area contributed by atoms with Crippen LogP contribution in [0.3, 0.4) is 0 Å². The van der Waals surface area contributed by atoms with E-state index in [1.54, 1.807) is 25.3 Å². The Hall–Kier alpha value is -3.51. The van der Waals surface area contributed by atoms with Crippen molar-refractivity contribution in [3.05, 3.63) is 89.3 Å². The highest BCUT2D eigenvalue weighted by molar-refractivity contribution is 6.31. The quantitative estimate of drug-likeness (QED) is 0.416. The summed E-state index contributed by atoms with van der Waals surface area (Å²) in [5.41, 5.74) is 3.34. The molecule has 2 unspecified atom stereocenters. The summed E-state index contributed by atoms with van der Waals surface area (Å²) in [5.74, 6) is 1.19. The van der Waals surface area contributed by atoms with Crippen LogP contribution >= 0.6 is 11.6 Å². The third-order valence-electron chi connectivity index (χ3n) is 5.65. The van der Waals surface area contributed by atoms with E-state index in [9.17, 15) is 4.79 Å². The largest absolute Gasteiger partial charge is 0.493 e. The molecule has 1 fully saturated rings. The van der Waals surface area contributed by atoms with Gasteiger partial charge in [-0.3, -0.25) is 4.79 Å². The number of hydrogen-bond acceptors (Lipinski definition) is 4. The summed E-state index contributed by atoms with van der Waals surface area (Å²) in [4.78, 5) is 17.3. The van der Waals surface area contributed by atoms with E-state index in [0.717, 1.165) is 23.3 Å². The maximum Gasteiger partial charge on any atom is 0.228 e. The lowest BCUT2D eigenvalue weighted by atomic mass is 10.1. The number of anilines is 1. The molecule has 0 radical (unpaired) electrons. The molecular weight excluding hydrogens is 426 g/mol. The van der Waals surface area contributed by atoms with Gasteiger partial charge in [-0.15, -0.1) is 0 Å². The number of carbonyl (C=O) groups excluding carboxylic acids is 1. The first kappa shape index (κ1) is 20.4. The minimum Gasteiger partial charge on any atom is -0.493 e. The number of methoxy groups -OCH3 is 1. The van der Waals surface area contributed by atoms with Gasteiger partial charge in [0.1, 0.15) is 12.3 Å². The number of imidazole rings is 1. The van der Waals surface area contributed by atoms with Crippen molar-refractivity contribution in [1.82, 2.24) is 9.38 Å². The van der Waals surface area contributed by atoms with Crippen molar-refractivity contribution in [2.45, 2.75) is 18.9 Å². The number of amides is 1. The standard InChI is InChI=1S/C25H22ClN3O3/c1-31-22-10-9-16(28-25(30)20-13-19(20)18-6-2-3-7-21(18)26)12-23(22)32-15-17-14-29-11-5-4-8-24(29)27-17/h2-12,14,19-20H,13,15H2,1H3,(H,28,30). The molecule has 2 atom stereocenters. The predicted molar refractivity (Wildman–Crippen MR) is 123 cm³/mol. The van der Waals surface area contributed by atoms with Gasteiger partial charge in [-0.05, 0) is 48.2 Å². The minimum absolute atomic E-state index is 0.0219. The molecule has 0 saturated heterocycles. The predicted octanol–water partition coefficient (Wildman–Crippen LogP) is 5.32. The van der Waals surface area contributed by atoms with E-state index in [4.69, 9.17) is 21.1 Å². The van der Waals surface area contributed by atoms with Crippen LogP contribution in [0.4, 0.5) is 5.69 Å². The van der Waals surface area contributed by atoms with E-state index in [1.807, 2.05) is 59.3 Å². The van der Waals surface area contributed by atoms with Crippen LogP contribution in [-0.2, 0) is 11.4 Å². The maximum absolute atomic E-state index is 12.8. The Kier molecular flexibility index (Phi) is 5.45. The molecule has 1 aliphatic carbocycles. The van der Waals surface area contributed by atoms with Crippen molar-refractivity contribution in [3.63, 3.8) is 0 Å². The molecule has 2 aromatic heterocycles. The second kappa shape index (κ2) is 8.55. The Bertz CT molecular complexity index is 1250. The maximum atomic E-state index is 12.8. The number of rotatable bonds is 7. The molecule has 5 rings (SSSR count). The number of benzene rings is 2. The fraction of sp³-hybridized carbons (Fsp3) is 0.200. The molecule has 1 saturated carbocycles. The van der Waals surface area contributed by atoms with Gasteiger partial charge in [0.2, 0.25) is 5.91 Å². The van der Waals surface area contributed by atoms with E-state index in [-0.39, 0.29) is 24.3 Å². The van der Waals surface area contributed by atoms with E-state index >= 15 is 0 Å². The SMILES string of the molecule is COc1ccc(NC(=O)C2CC2c2ccccc2Cl)cc1OCc1cn2ccccc2n1. The molecule has 1 N–H and O–H groups in total. The molecule has 32 heavy (non-hydrogen) atoms. The Morgan fingerprint density at radius 3 is 2.81 bits per heavy atom. The van der Waals surface area contributed by atoms with Gasteiger partial charge in [0.15, 0.2) is 11.5 Å². The van der Waals surface area contributed by atoms with Gasteiger partial charge in [0.25, 0.3) is 0 Å². The molecule has 6 nitrogen and oxygen atoms in total. The van der Waals surface area contributed by atoms with Crippen LogP contribution in [0, 0.1) is 5.92 Å². The van der Waals surface area contributed by atoms with Gasteiger partial charge < -0.3 is 19.2 Å². The number of nitrogens with one attached hydrogen (secondary N) is 1. The normalized spacial score (nSPS) is 17.2. The van der Waals surface area contributed by atoms with Crippen LogP contribution in [0.5, 0.6) is 11.5 Å². The van der Waals surface area contributed by atoms with Gasteiger partial charge in [0, 0.05) is 35.1 Å². The Balaban J connectivity index is 1.27. The van der Waals surface area contributed by atoms with Gasteiger partial charge in [-0.1, -0.05) is 35.9 Å². The summed E-state index contributed by atoms with van der Waals surface area (Å²) in [5, 5.41) is 3.71. The number of ether oxygens (including phenoxy) is 2. The van der Waals surface area contributed by atoms with E-state index in [0.29, 0.717) is 22.2 Å². The van der Waals surface area contributed by atoms with Crippen LogP contribution in [0.15, 0.2) is 73.1 Å². The molecule has 0 aliphatic heterocycles. The van der Waals surface area contributed by atoms with Crippen LogP contribution in [0.1, 0.15) is 23.6 Å². The third kappa shape index (κ3) is 4.14. The van der Waals surface area contributed by atoms with Gasteiger partial charge in [0.05, 0.1) is 12.8 Å². The number of hydrogen-bond donors (Lipinski definition) is 1. The summed E-state index contributed by atoms with van der Waals surface area (Å²) in [7, 11) is 1.59. The lowest BCUT2D eigenvalue weighted by Crippen LogP contribution is -2.14. The first-order valence-corrected chi connectivity index (χ1v) is 10.8. The molecule has 2 aromatic carbocycles. The topological polar surface area (TPSA) is 64.9 Å². The van der Waals surface area contributed by atoms with Crippen molar-refractivity contribution < 1.29 is 14.3 Å². The third-order valence-corrected chi connectivity index (χ3v) is 6.00. The fourth-order valence-electron chi connectivity index (χ4n) is 3.91. The highest BCUT2D eigenvalue weighted by Gasteiger charge is 2.44. The number of pyridine rings is 1. The Labute approximate surface area is 190 Å². The van der Waals surface area contributed by atoms with E-state index in [2.05, 4.69) is 10.3 Å². The molecule has 7 heteroatoms. The van der Waals surface area contributed by atoms with Crippen molar-refractivity contribution in [2.24, 2.45) is 5.92 Å². The zero-order valence-corrected chi connectivity index (χ0v) is 18.3. The number of halogens is 1. The van der Waals surface area contributed by atoms with Gasteiger partial charge >= 0.3 is 0 Å². The van der Waals surface area contributed by atoms with E-state index in [1.165, 1.54) is 0 Å². The van der Waals surface area contributed by atoms with Gasteiger partial charge in [-0.25, -0.2) is 4.98 Å². The summed E-state index contributed by atoms with van der Waals surface area (Å²) in [6, 6.07) is 18.9. The molecule has 4 aromatic rings. The second-order valence-corrected chi connectivity index (χ2v) is 8.22. The zero-order valence-electron chi connectivity index (χ0n) is 17.5. The average molecular weight is 448 g/mol. The molecular formula is C25H22ClN3O3. The van der Waals surface area contributed by atoms with Crippen molar-refractivity contribution in [2.75, 3.05) is 12.4 Å². The van der Waals surface area contributed by atoms with E-state index < -0.39 is 0 Å². The average Bonchev–Trinajstić information content (AvgIpc) is 3.49. The van der Waals surface area contributed by atoms with Crippen LogP contribution in [0.25, 0.3) is 5.65 Å². The monoisotopic (exact) mass is 447 g/mol. The first-order valence-electron chi connectivity index (χ1n) is 10.4. The highest BCUT2D eigenvalue weighted by Crippen LogP contribution is 2.50. The number of fused-ring (bicyclic) bond motifs is 1. The second-order valence-electron chi connectivity index (χ2n) is 7.81. The van der Waals surface area contributed by atoms with Crippen molar-refractivity contribution in [1.29, 1.82) is 0 Å².